The van der Waals surface area contributed by atoms with Gasteiger partial charge in [-0.1, -0.05) is 60.7 Å². The van der Waals surface area contributed by atoms with E-state index in [0.29, 0.717) is 26.4 Å². The fourth-order valence-corrected chi connectivity index (χ4v) is 3.05. The average Bonchev–Trinajstić information content (AvgIpc) is 2.82. The minimum Gasteiger partial charge on any atom is -0.453 e. The van der Waals surface area contributed by atoms with Crippen LogP contribution in [0, 0.1) is 0 Å². The van der Waals surface area contributed by atoms with Crippen LogP contribution in [-0.2, 0) is 38.0 Å². The second-order valence-electron chi connectivity index (χ2n) is 7.03. The molecular formula is C24H28O8. The smallest absolute Gasteiger partial charge is 0.332 e. The maximum atomic E-state index is 12.3. The van der Waals surface area contributed by atoms with Crippen LogP contribution in [0.25, 0.3) is 0 Å². The topological polar surface area (TPSA) is 89.5 Å². The predicted octanol–water partition coefficient (Wildman–Crippen LogP) is 2.64. The minimum absolute atomic E-state index is 0.177. The third-order valence-electron chi connectivity index (χ3n) is 4.61. The minimum atomic E-state index is -0.601. The van der Waals surface area contributed by atoms with Crippen molar-refractivity contribution in [2.75, 3.05) is 52.9 Å². The SMILES string of the molecule is O=C1COCC(=O)O[C@@H](c2ccccc2)COCCOCCOC[C@H](c2ccccc2)O1. The largest absolute Gasteiger partial charge is 0.453 e. The summed E-state index contributed by atoms with van der Waals surface area (Å²) < 4.78 is 33.0. The molecule has 2 aromatic carbocycles. The summed E-state index contributed by atoms with van der Waals surface area (Å²) in [4.78, 5) is 24.5. The molecule has 0 spiro atoms. The van der Waals surface area contributed by atoms with Gasteiger partial charge in [0.25, 0.3) is 0 Å². The lowest BCUT2D eigenvalue weighted by atomic mass is 10.1. The fourth-order valence-electron chi connectivity index (χ4n) is 3.05. The summed E-state index contributed by atoms with van der Waals surface area (Å²) in [5, 5.41) is 0. The van der Waals surface area contributed by atoms with Crippen LogP contribution in [0.5, 0.6) is 0 Å². The van der Waals surface area contributed by atoms with Crippen LogP contribution < -0.4 is 0 Å². The third-order valence-corrected chi connectivity index (χ3v) is 4.61. The van der Waals surface area contributed by atoms with Crippen molar-refractivity contribution in [2.45, 2.75) is 12.2 Å². The number of ether oxygens (including phenoxy) is 6. The molecule has 1 heterocycles. The van der Waals surface area contributed by atoms with Crippen molar-refractivity contribution in [1.82, 2.24) is 0 Å². The summed E-state index contributed by atoms with van der Waals surface area (Å²) in [5.41, 5.74) is 1.60. The summed E-state index contributed by atoms with van der Waals surface area (Å²) >= 11 is 0. The van der Waals surface area contributed by atoms with E-state index in [9.17, 15) is 9.59 Å². The number of cyclic esters (lactones) is 2. The Hall–Kier alpha value is -2.78. The van der Waals surface area contributed by atoms with Gasteiger partial charge in [0.1, 0.15) is 13.2 Å². The van der Waals surface area contributed by atoms with Gasteiger partial charge in [-0.3, -0.25) is 0 Å². The first kappa shape index (κ1) is 23.9. The van der Waals surface area contributed by atoms with Crippen LogP contribution in [0.15, 0.2) is 60.7 Å². The van der Waals surface area contributed by atoms with E-state index in [1.54, 1.807) is 0 Å². The summed E-state index contributed by atoms with van der Waals surface area (Å²) in [6.45, 7) is 1.04. The number of hydrogen-bond donors (Lipinski definition) is 0. The van der Waals surface area contributed by atoms with Crippen molar-refractivity contribution in [3.05, 3.63) is 71.8 Å². The van der Waals surface area contributed by atoms with Crippen LogP contribution in [0.4, 0.5) is 0 Å². The van der Waals surface area contributed by atoms with Gasteiger partial charge in [0, 0.05) is 0 Å². The van der Waals surface area contributed by atoms with Gasteiger partial charge >= 0.3 is 11.9 Å². The molecule has 2 atom stereocenters. The standard InChI is InChI=1S/C24H28O8/c25-23-17-30-18-24(26)32-22(20-9-5-2-6-10-20)16-29-14-12-27-11-13-28-15-21(31-23)19-7-3-1-4-8-19/h1-10,21-22H,11-18H2/t21-,22-/m1/s1. The molecule has 1 aliphatic rings. The summed E-state index contributed by atoms with van der Waals surface area (Å²) in [5.74, 6) is -1.20. The normalized spacial score (nSPS) is 22.8. The first-order valence-corrected chi connectivity index (χ1v) is 10.5. The van der Waals surface area contributed by atoms with Crippen molar-refractivity contribution >= 4 is 11.9 Å². The molecule has 0 radical (unpaired) electrons. The molecule has 1 aliphatic heterocycles. The molecule has 1 fully saturated rings. The van der Waals surface area contributed by atoms with Gasteiger partial charge < -0.3 is 28.4 Å². The van der Waals surface area contributed by atoms with Crippen LogP contribution in [-0.4, -0.2) is 64.8 Å². The Morgan fingerprint density at radius 1 is 0.531 bits per heavy atom. The Morgan fingerprint density at radius 3 is 1.38 bits per heavy atom. The Morgan fingerprint density at radius 2 is 0.938 bits per heavy atom. The molecule has 3 rings (SSSR count). The predicted molar refractivity (Wildman–Crippen MR) is 114 cm³/mol. The molecule has 0 unspecified atom stereocenters. The summed E-state index contributed by atoms with van der Waals surface area (Å²) in [6.07, 6.45) is -1.19. The second kappa shape index (κ2) is 13.6. The molecule has 0 aromatic heterocycles. The van der Waals surface area contributed by atoms with E-state index in [1.807, 2.05) is 60.7 Å². The molecule has 0 amide bonds. The van der Waals surface area contributed by atoms with Crippen LogP contribution in [0.2, 0.25) is 0 Å². The molecule has 0 saturated carbocycles. The van der Waals surface area contributed by atoms with E-state index in [1.165, 1.54) is 0 Å². The van der Waals surface area contributed by atoms with Crippen LogP contribution in [0.1, 0.15) is 23.3 Å². The van der Waals surface area contributed by atoms with Crippen molar-refractivity contribution in [3.63, 3.8) is 0 Å². The zero-order valence-electron chi connectivity index (χ0n) is 17.9. The molecule has 0 bridgehead atoms. The number of hydrogen-bond acceptors (Lipinski definition) is 8. The Bertz CT molecular complexity index is 744. The third kappa shape index (κ3) is 8.39. The quantitative estimate of drug-likeness (QED) is 0.653. The Balaban J connectivity index is 1.60. The maximum Gasteiger partial charge on any atom is 0.332 e. The highest BCUT2D eigenvalue weighted by Crippen LogP contribution is 2.19. The van der Waals surface area contributed by atoms with Crippen molar-refractivity contribution in [2.24, 2.45) is 0 Å². The van der Waals surface area contributed by atoms with Gasteiger partial charge in [-0.2, -0.15) is 0 Å². The molecular weight excluding hydrogens is 416 g/mol. The highest BCUT2D eigenvalue weighted by Gasteiger charge is 2.20. The molecule has 2 aromatic rings. The van der Waals surface area contributed by atoms with E-state index in [0.717, 1.165) is 11.1 Å². The number of carbonyl (C=O) groups excluding carboxylic acids is 2. The monoisotopic (exact) mass is 444 g/mol. The van der Waals surface area contributed by atoms with E-state index < -0.39 is 24.1 Å². The van der Waals surface area contributed by atoms with E-state index in [4.69, 9.17) is 28.4 Å². The summed E-state index contributed by atoms with van der Waals surface area (Å²) in [6, 6.07) is 18.6. The van der Waals surface area contributed by atoms with Crippen LogP contribution >= 0.6 is 0 Å². The number of benzene rings is 2. The zero-order chi connectivity index (χ0) is 22.4. The lowest BCUT2D eigenvalue weighted by Gasteiger charge is -2.20. The molecule has 0 N–H and O–H groups in total. The van der Waals surface area contributed by atoms with E-state index in [-0.39, 0.29) is 26.4 Å². The lowest BCUT2D eigenvalue weighted by Crippen LogP contribution is -2.25. The number of carbonyl (C=O) groups is 2. The number of esters is 2. The first-order valence-electron chi connectivity index (χ1n) is 10.5. The second-order valence-corrected chi connectivity index (χ2v) is 7.03. The average molecular weight is 444 g/mol. The van der Waals surface area contributed by atoms with Gasteiger partial charge in [0.05, 0.1) is 39.6 Å². The zero-order valence-corrected chi connectivity index (χ0v) is 17.9. The molecule has 8 nitrogen and oxygen atoms in total. The molecule has 8 heteroatoms. The Kier molecular flexibility index (Phi) is 10.1. The van der Waals surface area contributed by atoms with Gasteiger partial charge in [0.15, 0.2) is 12.2 Å². The van der Waals surface area contributed by atoms with Crippen molar-refractivity contribution in [3.8, 4) is 0 Å². The molecule has 0 aliphatic carbocycles. The van der Waals surface area contributed by atoms with Gasteiger partial charge in [-0.05, 0) is 11.1 Å². The van der Waals surface area contributed by atoms with Gasteiger partial charge in [0.2, 0.25) is 0 Å². The first-order chi connectivity index (χ1) is 15.7. The molecule has 1 saturated heterocycles. The maximum absolute atomic E-state index is 12.3. The highest BCUT2D eigenvalue weighted by molar-refractivity contribution is 5.73. The number of rotatable bonds is 2. The molecule has 32 heavy (non-hydrogen) atoms. The fraction of sp³-hybridized carbons (Fsp3) is 0.417. The summed E-state index contributed by atoms with van der Waals surface area (Å²) in [7, 11) is 0. The Labute approximate surface area is 187 Å². The van der Waals surface area contributed by atoms with Gasteiger partial charge in [-0.25, -0.2) is 9.59 Å². The van der Waals surface area contributed by atoms with E-state index >= 15 is 0 Å². The van der Waals surface area contributed by atoms with Gasteiger partial charge in [-0.15, -0.1) is 0 Å². The van der Waals surface area contributed by atoms with Crippen molar-refractivity contribution < 1.29 is 38.0 Å². The van der Waals surface area contributed by atoms with Crippen LogP contribution in [0.3, 0.4) is 0 Å². The lowest BCUT2D eigenvalue weighted by molar-refractivity contribution is -0.165. The van der Waals surface area contributed by atoms with Crippen molar-refractivity contribution in [1.29, 1.82) is 0 Å². The molecule has 172 valence electrons. The van der Waals surface area contributed by atoms with E-state index in [2.05, 4.69) is 0 Å². The highest BCUT2D eigenvalue weighted by atomic mass is 16.6.